The van der Waals surface area contributed by atoms with Gasteiger partial charge in [-0.3, -0.25) is 4.79 Å². The third-order valence-corrected chi connectivity index (χ3v) is 3.90. The Labute approximate surface area is 89.7 Å². The van der Waals surface area contributed by atoms with Crippen LogP contribution < -0.4 is 0 Å². The Morgan fingerprint density at radius 1 is 1.40 bits per heavy atom. The summed E-state index contributed by atoms with van der Waals surface area (Å²) in [4.78, 5) is 14.5. The van der Waals surface area contributed by atoms with Gasteiger partial charge in [-0.1, -0.05) is 11.5 Å². The molecule has 0 spiro atoms. The summed E-state index contributed by atoms with van der Waals surface area (Å²) in [6, 6.07) is 0. The minimum atomic E-state index is 0.342. The van der Waals surface area contributed by atoms with Crippen molar-refractivity contribution in [2.24, 2.45) is 22.9 Å². The van der Waals surface area contributed by atoms with E-state index in [2.05, 4.69) is 10.0 Å². The van der Waals surface area contributed by atoms with E-state index in [-0.39, 0.29) is 0 Å². The molecule has 2 rings (SSSR count). The molecule has 4 heteroatoms. The molecule has 0 unspecified atom stereocenters. The van der Waals surface area contributed by atoms with Crippen molar-refractivity contribution in [1.29, 1.82) is 0 Å². The van der Waals surface area contributed by atoms with Crippen LogP contribution in [0, 0.1) is 17.8 Å². The van der Waals surface area contributed by atoms with Gasteiger partial charge in [-0.2, -0.15) is 0 Å². The molecule has 0 amide bonds. The molecule has 2 bridgehead atoms. The first-order valence-electron chi connectivity index (χ1n) is 5.87. The van der Waals surface area contributed by atoms with Crippen LogP contribution in [0.5, 0.6) is 0 Å². The van der Waals surface area contributed by atoms with Gasteiger partial charge in [0.05, 0.1) is 0 Å². The second kappa shape index (κ2) is 4.67. The fraction of sp³-hybridized carbons (Fsp3) is 0.909. The molecule has 3 atom stereocenters. The largest absolute Gasteiger partial charge is 0.299 e. The lowest BCUT2D eigenvalue weighted by molar-refractivity contribution is -0.126. The summed E-state index contributed by atoms with van der Waals surface area (Å²) < 4.78 is 0. The molecule has 0 aromatic rings. The number of carbonyl (C=O) groups is 1. The average Bonchev–Trinajstić information content (AvgIpc) is 2.80. The summed E-state index contributed by atoms with van der Waals surface area (Å²) in [6.07, 6.45) is 6.51. The van der Waals surface area contributed by atoms with Gasteiger partial charge >= 0.3 is 0 Å². The lowest BCUT2D eigenvalue weighted by Crippen LogP contribution is -2.21. The lowest BCUT2D eigenvalue weighted by atomic mass is 9.84. The number of unbranched alkanes of at least 4 members (excludes halogenated alkanes) is 1. The van der Waals surface area contributed by atoms with E-state index in [4.69, 9.17) is 5.53 Å². The highest BCUT2D eigenvalue weighted by Gasteiger charge is 2.45. The summed E-state index contributed by atoms with van der Waals surface area (Å²) in [5.74, 6) is 1.95. The van der Waals surface area contributed by atoms with E-state index in [0.29, 0.717) is 30.1 Å². The van der Waals surface area contributed by atoms with Gasteiger partial charge in [-0.25, -0.2) is 0 Å². The highest BCUT2D eigenvalue weighted by atomic mass is 16.1. The van der Waals surface area contributed by atoms with Gasteiger partial charge in [0, 0.05) is 23.3 Å². The third kappa shape index (κ3) is 2.15. The molecular formula is C11H17N3O. The molecule has 0 N–H and O–H groups in total. The van der Waals surface area contributed by atoms with Crippen LogP contribution in [0.15, 0.2) is 5.11 Å². The Morgan fingerprint density at radius 2 is 2.27 bits per heavy atom. The molecular weight excluding hydrogens is 190 g/mol. The number of nitrogens with zero attached hydrogens (tertiary/aromatic N) is 3. The zero-order valence-corrected chi connectivity index (χ0v) is 8.93. The molecule has 0 radical (unpaired) electrons. The van der Waals surface area contributed by atoms with E-state index >= 15 is 0 Å². The van der Waals surface area contributed by atoms with E-state index < -0.39 is 0 Å². The van der Waals surface area contributed by atoms with E-state index in [1.165, 1.54) is 6.42 Å². The number of rotatable bonds is 5. The number of azide groups is 1. The zero-order chi connectivity index (χ0) is 10.7. The Balaban J connectivity index is 1.71. The minimum absolute atomic E-state index is 0.342. The van der Waals surface area contributed by atoms with E-state index in [1.807, 2.05) is 0 Å². The first-order valence-corrected chi connectivity index (χ1v) is 5.87. The second-order valence-corrected chi connectivity index (χ2v) is 4.73. The number of hydrogen-bond acceptors (Lipinski definition) is 2. The highest BCUT2D eigenvalue weighted by molar-refractivity contribution is 5.86. The minimum Gasteiger partial charge on any atom is -0.299 e. The average molecular weight is 207 g/mol. The predicted octanol–water partition coefficient (Wildman–Crippen LogP) is 3.08. The molecule has 2 aliphatic carbocycles. The van der Waals surface area contributed by atoms with Crippen LogP contribution in [0.3, 0.4) is 0 Å². The number of Topliss-reactive ketones (excluding diaryl/α,β-unsaturated/α-hetero) is 1. The molecule has 0 saturated heterocycles. The molecule has 2 fully saturated rings. The molecule has 0 aliphatic heterocycles. The van der Waals surface area contributed by atoms with Crippen LogP contribution in [0.4, 0.5) is 0 Å². The van der Waals surface area contributed by atoms with Crippen LogP contribution in [0.1, 0.15) is 38.5 Å². The predicted molar refractivity (Wildman–Crippen MR) is 57.2 cm³/mol. The van der Waals surface area contributed by atoms with Gasteiger partial charge in [0.2, 0.25) is 0 Å². The molecule has 15 heavy (non-hydrogen) atoms. The van der Waals surface area contributed by atoms with Crippen molar-refractivity contribution in [3.05, 3.63) is 10.4 Å². The van der Waals surface area contributed by atoms with Gasteiger partial charge in [0.1, 0.15) is 5.78 Å². The smallest absolute Gasteiger partial charge is 0.139 e. The van der Waals surface area contributed by atoms with Crippen molar-refractivity contribution in [2.45, 2.75) is 38.5 Å². The summed E-state index contributed by atoms with van der Waals surface area (Å²) >= 11 is 0. The van der Waals surface area contributed by atoms with Gasteiger partial charge in [0.25, 0.3) is 0 Å². The maximum absolute atomic E-state index is 11.8. The van der Waals surface area contributed by atoms with Crippen molar-refractivity contribution in [1.82, 2.24) is 0 Å². The second-order valence-electron chi connectivity index (χ2n) is 4.73. The van der Waals surface area contributed by atoms with Crippen LogP contribution in [-0.4, -0.2) is 12.3 Å². The number of ketones is 1. The summed E-state index contributed by atoms with van der Waals surface area (Å²) in [5, 5.41) is 3.50. The van der Waals surface area contributed by atoms with Crippen molar-refractivity contribution >= 4 is 5.78 Å². The Kier molecular flexibility index (Phi) is 3.27. The lowest BCUT2D eigenvalue weighted by Gasteiger charge is -2.19. The Hall–Kier alpha value is -1.02. The first kappa shape index (κ1) is 10.5. The van der Waals surface area contributed by atoms with Gasteiger partial charge < -0.3 is 0 Å². The fourth-order valence-electron chi connectivity index (χ4n) is 3.14. The number of carbonyl (C=O) groups excluding carboxylic acids is 1. The quantitative estimate of drug-likeness (QED) is 0.295. The fourth-order valence-corrected chi connectivity index (χ4v) is 3.14. The summed E-state index contributed by atoms with van der Waals surface area (Å²) in [7, 11) is 0. The highest BCUT2D eigenvalue weighted by Crippen LogP contribution is 2.47. The SMILES string of the molecule is [N-]=[N+]=NCCCC[C@H]1C(=O)[C@H]2CC[C@@H]1C2. The Bertz CT molecular complexity index is 296. The van der Waals surface area contributed by atoms with Crippen LogP contribution >= 0.6 is 0 Å². The molecule has 0 heterocycles. The van der Waals surface area contributed by atoms with Crippen LogP contribution in [-0.2, 0) is 4.79 Å². The monoisotopic (exact) mass is 207 g/mol. The van der Waals surface area contributed by atoms with Crippen molar-refractivity contribution in [2.75, 3.05) is 6.54 Å². The van der Waals surface area contributed by atoms with E-state index in [0.717, 1.165) is 32.1 Å². The summed E-state index contributed by atoms with van der Waals surface area (Å²) in [6.45, 7) is 0.575. The number of fused-ring (bicyclic) bond motifs is 2. The summed E-state index contributed by atoms with van der Waals surface area (Å²) in [5.41, 5.74) is 8.11. The van der Waals surface area contributed by atoms with Crippen molar-refractivity contribution in [3.8, 4) is 0 Å². The molecule has 0 aromatic heterocycles. The van der Waals surface area contributed by atoms with E-state index in [9.17, 15) is 4.79 Å². The molecule has 2 aliphatic rings. The van der Waals surface area contributed by atoms with Gasteiger partial charge in [-0.15, -0.1) is 0 Å². The van der Waals surface area contributed by atoms with Crippen molar-refractivity contribution < 1.29 is 4.79 Å². The van der Waals surface area contributed by atoms with Crippen LogP contribution in [0.2, 0.25) is 0 Å². The van der Waals surface area contributed by atoms with Crippen LogP contribution in [0.25, 0.3) is 10.4 Å². The normalized spacial score (nSPS) is 33.1. The third-order valence-electron chi connectivity index (χ3n) is 3.90. The number of hydrogen-bond donors (Lipinski definition) is 0. The van der Waals surface area contributed by atoms with Gasteiger partial charge in [0.15, 0.2) is 0 Å². The first-order chi connectivity index (χ1) is 7.33. The topological polar surface area (TPSA) is 65.8 Å². The van der Waals surface area contributed by atoms with E-state index in [1.54, 1.807) is 0 Å². The Morgan fingerprint density at radius 3 is 2.93 bits per heavy atom. The molecule has 0 aromatic carbocycles. The molecule has 82 valence electrons. The standard InChI is InChI=1S/C11H17N3O/c12-14-13-6-2-1-3-10-8-4-5-9(7-8)11(10)15/h8-10H,1-7H2/t8-,9+,10-/m1/s1. The van der Waals surface area contributed by atoms with Crippen molar-refractivity contribution in [3.63, 3.8) is 0 Å². The maximum atomic E-state index is 11.8. The zero-order valence-electron chi connectivity index (χ0n) is 8.93. The van der Waals surface area contributed by atoms with Gasteiger partial charge in [-0.05, 0) is 43.6 Å². The molecule has 2 saturated carbocycles. The molecule has 4 nitrogen and oxygen atoms in total. The maximum Gasteiger partial charge on any atom is 0.139 e.